The van der Waals surface area contributed by atoms with Crippen molar-refractivity contribution in [3.05, 3.63) is 39.4 Å². The molecule has 0 aromatic carbocycles. The Hall–Kier alpha value is -2.42. The molecule has 0 amide bonds. The lowest BCUT2D eigenvalue weighted by atomic mass is 10.1. The Bertz CT molecular complexity index is 849. The van der Waals surface area contributed by atoms with Gasteiger partial charge in [0.2, 0.25) is 5.88 Å². The van der Waals surface area contributed by atoms with Crippen LogP contribution >= 0.6 is 11.3 Å². The van der Waals surface area contributed by atoms with Crippen molar-refractivity contribution in [1.29, 1.82) is 0 Å². The summed E-state index contributed by atoms with van der Waals surface area (Å²) in [5.41, 5.74) is 1.22. The summed E-state index contributed by atoms with van der Waals surface area (Å²) in [4.78, 5) is 15.9. The van der Waals surface area contributed by atoms with Gasteiger partial charge in [-0.1, -0.05) is 18.3 Å². The number of rotatable bonds is 5. The molecule has 0 atom stereocenters. The summed E-state index contributed by atoms with van der Waals surface area (Å²) in [5, 5.41) is 9.43. The number of thiazole rings is 1. The van der Waals surface area contributed by atoms with E-state index in [0.717, 1.165) is 21.3 Å². The fourth-order valence-electron chi connectivity index (χ4n) is 1.86. The molecular formula is C12H13N5O3S. The number of hydrogen-bond donors (Lipinski definition) is 0. The zero-order chi connectivity index (χ0) is 15.7. The van der Waals surface area contributed by atoms with E-state index < -0.39 is 5.69 Å². The smallest absolute Gasteiger partial charge is 0.370 e. The lowest BCUT2D eigenvalue weighted by Gasteiger charge is -2.04. The number of hydrogen-bond acceptors (Lipinski definition) is 7. The van der Waals surface area contributed by atoms with E-state index in [4.69, 9.17) is 10.5 Å². The molecule has 21 heavy (non-hydrogen) atoms. The molecule has 0 unspecified atom stereocenters. The SMILES string of the molecule is [3H]c1csc(OCc2c(CC)coc2-n2nnn(C)c2=O)n1. The lowest BCUT2D eigenvalue weighted by molar-refractivity contribution is 0.301. The first kappa shape index (κ1) is 12.3. The van der Waals surface area contributed by atoms with Crippen LogP contribution in [-0.2, 0) is 20.1 Å². The molecule has 110 valence electrons. The van der Waals surface area contributed by atoms with Crippen LogP contribution in [0.1, 0.15) is 19.4 Å². The number of aromatic nitrogens is 5. The van der Waals surface area contributed by atoms with Gasteiger partial charge in [-0.2, -0.15) is 4.68 Å². The van der Waals surface area contributed by atoms with Crippen molar-refractivity contribution in [2.75, 3.05) is 0 Å². The van der Waals surface area contributed by atoms with Crippen molar-refractivity contribution in [1.82, 2.24) is 24.8 Å². The van der Waals surface area contributed by atoms with Gasteiger partial charge in [0, 0.05) is 18.6 Å². The molecule has 3 aromatic rings. The zero-order valence-corrected chi connectivity index (χ0v) is 12.3. The molecule has 0 spiro atoms. The van der Waals surface area contributed by atoms with Crippen LogP contribution in [-0.4, -0.2) is 24.8 Å². The Morgan fingerprint density at radius 3 is 3.00 bits per heavy atom. The Kier molecular flexibility index (Phi) is 3.24. The highest BCUT2D eigenvalue weighted by Gasteiger charge is 2.19. The number of furan rings is 1. The summed E-state index contributed by atoms with van der Waals surface area (Å²) in [7, 11) is 1.51. The molecule has 9 heteroatoms. The second kappa shape index (κ2) is 5.52. The average molecular weight is 309 g/mol. The Morgan fingerprint density at radius 2 is 2.38 bits per heavy atom. The fraction of sp³-hybridized carbons (Fsp3) is 0.333. The minimum atomic E-state index is -0.402. The summed E-state index contributed by atoms with van der Waals surface area (Å²) in [6.07, 6.45) is 2.46. The summed E-state index contributed by atoms with van der Waals surface area (Å²) in [5.74, 6) is 0.289. The number of aryl methyl sites for hydroxylation is 2. The van der Waals surface area contributed by atoms with Crippen molar-refractivity contribution >= 4 is 11.3 Å². The van der Waals surface area contributed by atoms with Crippen LogP contribution in [0, 0.1) is 0 Å². The maximum atomic E-state index is 12.0. The zero-order valence-electron chi connectivity index (χ0n) is 12.4. The highest BCUT2D eigenvalue weighted by atomic mass is 32.1. The number of nitrogens with zero attached hydrogens (tertiary/aromatic N) is 5. The Labute approximate surface area is 125 Å². The predicted octanol–water partition coefficient (Wildman–Crippen LogP) is 1.16. The van der Waals surface area contributed by atoms with Gasteiger partial charge in [-0.05, 0) is 22.4 Å². The molecule has 3 rings (SSSR count). The van der Waals surface area contributed by atoms with E-state index in [-0.39, 0.29) is 18.7 Å². The molecular weight excluding hydrogens is 294 g/mol. The highest BCUT2D eigenvalue weighted by molar-refractivity contribution is 7.11. The molecule has 0 fully saturated rings. The summed E-state index contributed by atoms with van der Waals surface area (Å²) < 4.78 is 20.7. The molecule has 3 aromatic heterocycles. The largest absolute Gasteiger partial charge is 0.465 e. The van der Waals surface area contributed by atoms with Crippen LogP contribution in [0.15, 0.2) is 27.0 Å². The molecule has 0 bridgehead atoms. The molecule has 3 heterocycles. The van der Waals surface area contributed by atoms with Crippen molar-refractivity contribution < 1.29 is 10.5 Å². The quantitative estimate of drug-likeness (QED) is 0.702. The second-order valence-electron chi connectivity index (χ2n) is 4.23. The van der Waals surface area contributed by atoms with Gasteiger partial charge < -0.3 is 9.15 Å². The van der Waals surface area contributed by atoms with Gasteiger partial charge in [0.25, 0.3) is 5.19 Å². The normalized spacial score (nSPS) is 11.6. The molecule has 0 N–H and O–H groups in total. The third-order valence-electron chi connectivity index (χ3n) is 2.96. The van der Waals surface area contributed by atoms with Gasteiger partial charge in [0.1, 0.15) is 6.61 Å². The van der Waals surface area contributed by atoms with E-state index in [9.17, 15) is 4.79 Å². The first-order valence-corrected chi connectivity index (χ1v) is 7.11. The molecule has 0 aliphatic rings. The minimum Gasteiger partial charge on any atom is -0.465 e. The van der Waals surface area contributed by atoms with E-state index >= 15 is 0 Å². The lowest BCUT2D eigenvalue weighted by Crippen LogP contribution is -2.22. The summed E-state index contributed by atoms with van der Waals surface area (Å²) >= 11 is 1.24. The van der Waals surface area contributed by atoms with Crippen LogP contribution in [0.3, 0.4) is 0 Å². The fourth-order valence-corrected chi connectivity index (χ4v) is 2.30. The van der Waals surface area contributed by atoms with Gasteiger partial charge in [0.15, 0.2) is 0 Å². The van der Waals surface area contributed by atoms with E-state index in [1.807, 2.05) is 6.92 Å². The van der Waals surface area contributed by atoms with E-state index in [1.54, 1.807) is 11.6 Å². The van der Waals surface area contributed by atoms with Gasteiger partial charge in [-0.3, -0.25) is 0 Å². The average Bonchev–Trinajstić information content (AvgIpc) is 3.18. The van der Waals surface area contributed by atoms with Crippen LogP contribution in [0.5, 0.6) is 5.19 Å². The van der Waals surface area contributed by atoms with Gasteiger partial charge in [0.05, 0.1) is 13.2 Å². The number of tetrazole rings is 1. The minimum absolute atomic E-state index is 0.160. The van der Waals surface area contributed by atoms with Crippen molar-refractivity contribution in [2.45, 2.75) is 20.0 Å². The number of ether oxygens (including phenoxy) is 1. The monoisotopic (exact) mass is 309 g/mol. The topological polar surface area (TPSA) is 88.0 Å². The van der Waals surface area contributed by atoms with Crippen LogP contribution in [0.25, 0.3) is 5.88 Å². The molecule has 0 saturated heterocycles. The van der Waals surface area contributed by atoms with Gasteiger partial charge >= 0.3 is 5.69 Å². The van der Waals surface area contributed by atoms with Crippen molar-refractivity contribution in [3.8, 4) is 11.1 Å². The van der Waals surface area contributed by atoms with Crippen LogP contribution in [0.2, 0.25) is 0 Å². The first-order valence-electron chi connectivity index (χ1n) is 6.73. The predicted molar refractivity (Wildman–Crippen MR) is 74.7 cm³/mol. The Morgan fingerprint density at radius 1 is 1.52 bits per heavy atom. The molecule has 0 saturated carbocycles. The van der Waals surface area contributed by atoms with Crippen molar-refractivity contribution in [2.24, 2.45) is 7.05 Å². The highest BCUT2D eigenvalue weighted by Crippen LogP contribution is 2.23. The van der Waals surface area contributed by atoms with Crippen molar-refractivity contribution in [3.63, 3.8) is 0 Å². The third kappa shape index (κ3) is 2.47. The molecule has 0 radical (unpaired) electrons. The maximum absolute atomic E-state index is 12.0. The standard InChI is InChI=1S/C12H13N5O3S/c1-3-8-6-19-10(17-12(18)16(2)14-15-17)9(8)7-20-11-13-4-5-21-11/h4-6H,3,7H2,1-2H3/i4T. The van der Waals surface area contributed by atoms with E-state index in [2.05, 4.69) is 15.4 Å². The molecule has 0 aliphatic carbocycles. The van der Waals surface area contributed by atoms with Crippen LogP contribution in [0.4, 0.5) is 0 Å². The van der Waals surface area contributed by atoms with E-state index in [1.165, 1.54) is 18.4 Å². The molecule has 8 nitrogen and oxygen atoms in total. The maximum Gasteiger partial charge on any atom is 0.370 e. The summed E-state index contributed by atoms with van der Waals surface area (Å²) in [6, 6.07) is 0. The van der Waals surface area contributed by atoms with E-state index in [0.29, 0.717) is 10.8 Å². The van der Waals surface area contributed by atoms with Crippen LogP contribution < -0.4 is 10.4 Å². The Balaban J connectivity index is 1.93. The van der Waals surface area contributed by atoms with Gasteiger partial charge in [-0.25, -0.2) is 9.78 Å². The van der Waals surface area contributed by atoms with Gasteiger partial charge in [-0.15, -0.1) is 4.68 Å². The third-order valence-corrected chi connectivity index (χ3v) is 3.60. The first-order chi connectivity index (χ1) is 10.6. The molecule has 0 aliphatic heterocycles. The summed E-state index contributed by atoms with van der Waals surface area (Å²) in [6.45, 7) is 2.15. The second-order valence-corrected chi connectivity index (χ2v) is 5.05.